The molecule has 0 aromatic carbocycles. The first kappa shape index (κ1) is 13.8. The molecule has 112 valence electrons. The topological polar surface area (TPSA) is 65.2 Å². The van der Waals surface area contributed by atoms with Crippen LogP contribution in [-0.2, 0) is 31.8 Å². The van der Waals surface area contributed by atoms with E-state index in [-0.39, 0.29) is 11.9 Å². The molecule has 1 amide bonds. The fourth-order valence-electron chi connectivity index (χ4n) is 2.78. The first-order valence-corrected chi connectivity index (χ1v) is 6.88. The number of amides is 1. The van der Waals surface area contributed by atoms with Crippen molar-refractivity contribution in [3.05, 3.63) is 35.7 Å². The van der Waals surface area contributed by atoms with E-state index in [1.165, 1.54) is 5.69 Å². The molecule has 21 heavy (non-hydrogen) atoms. The smallest absolute Gasteiger partial charge is 0.275 e. The van der Waals surface area contributed by atoms with Crippen LogP contribution in [0.25, 0.3) is 0 Å². The molecule has 2 aromatic rings. The van der Waals surface area contributed by atoms with Gasteiger partial charge < -0.3 is 14.2 Å². The number of aromatic nitrogens is 4. The molecule has 2 aromatic heterocycles. The molecular formula is C14H19N5O2. The van der Waals surface area contributed by atoms with Crippen molar-refractivity contribution < 1.29 is 9.53 Å². The van der Waals surface area contributed by atoms with Gasteiger partial charge in [-0.05, 0) is 6.07 Å². The molecule has 0 radical (unpaired) electrons. The zero-order valence-corrected chi connectivity index (χ0v) is 12.5. The van der Waals surface area contributed by atoms with Crippen molar-refractivity contribution in [1.82, 2.24) is 24.2 Å². The third-order valence-electron chi connectivity index (χ3n) is 3.89. The van der Waals surface area contributed by atoms with E-state index in [1.54, 1.807) is 42.3 Å². The maximum atomic E-state index is 12.7. The van der Waals surface area contributed by atoms with E-state index >= 15 is 0 Å². The Bertz CT molecular complexity index is 660. The zero-order chi connectivity index (χ0) is 15.0. The molecule has 1 unspecified atom stereocenters. The Balaban J connectivity index is 1.90. The Morgan fingerprint density at radius 3 is 2.95 bits per heavy atom. The average Bonchev–Trinajstić information content (AvgIpc) is 3.05. The van der Waals surface area contributed by atoms with E-state index < -0.39 is 0 Å². The third-order valence-corrected chi connectivity index (χ3v) is 3.89. The minimum Gasteiger partial charge on any atom is -0.383 e. The molecule has 0 bridgehead atoms. The number of ether oxygens (including phenoxy) is 1. The highest BCUT2D eigenvalue weighted by Crippen LogP contribution is 2.23. The van der Waals surface area contributed by atoms with Crippen LogP contribution in [0.1, 0.15) is 21.9 Å². The number of hydrogen-bond acceptors (Lipinski definition) is 4. The summed E-state index contributed by atoms with van der Waals surface area (Å²) in [5, 5.41) is 4.20. The molecule has 1 atom stereocenters. The van der Waals surface area contributed by atoms with Gasteiger partial charge >= 0.3 is 0 Å². The standard InChI is InChI=1S/C14H19N5O2/c1-17-9-15-12-7-19(10(8-21-3)6-13(12)17)14(20)11-4-5-18(2)16-11/h4-5,9-10H,6-8H2,1-3H3. The molecule has 1 aliphatic rings. The maximum absolute atomic E-state index is 12.7. The van der Waals surface area contributed by atoms with Crippen molar-refractivity contribution in [3.8, 4) is 0 Å². The first-order chi connectivity index (χ1) is 10.1. The monoisotopic (exact) mass is 289 g/mol. The van der Waals surface area contributed by atoms with Crippen LogP contribution in [0, 0.1) is 0 Å². The zero-order valence-electron chi connectivity index (χ0n) is 12.5. The molecule has 0 N–H and O–H groups in total. The summed E-state index contributed by atoms with van der Waals surface area (Å²) in [5.74, 6) is -0.0750. The quantitative estimate of drug-likeness (QED) is 0.819. The molecule has 3 heterocycles. The first-order valence-electron chi connectivity index (χ1n) is 6.88. The molecule has 0 fully saturated rings. The van der Waals surface area contributed by atoms with Crippen LogP contribution in [0.5, 0.6) is 0 Å². The molecular weight excluding hydrogens is 270 g/mol. The van der Waals surface area contributed by atoms with Gasteiger partial charge in [-0.25, -0.2) is 4.98 Å². The minimum atomic E-state index is -0.0750. The Hall–Kier alpha value is -2.15. The summed E-state index contributed by atoms with van der Waals surface area (Å²) in [6.07, 6.45) is 4.32. The highest BCUT2D eigenvalue weighted by Gasteiger charge is 2.33. The predicted octanol–water partition coefficient (Wildman–Crippen LogP) is 0.367. The molecule has 0 saturated heterocycles. The van der Waals surface area contributed by atoms with E-state index in [2.05, 4.69) is 10.1 Å². The van der Waals surface area contributed by atoms with Gasteiger partial charge in [0.1, 0.15) is 5.69 Å². The number of rotatable bonds is 3. The molecule has 7 heteroatoms. The number of aryl methyl sites for hydroxylation is 2. The number of methoxy groups -OCH3 is 1. The summed E-state index contributed by atoms with van der Waals surface area (Å²) in [5.41, 5.74) is 2.58. The predicted molar refractivity (Wildman–Crippen MR) is 75.7 cm³/mol. The van der Waals surface area contributed by atoms with E-state index in [1.807, 2.05) is 11.6 Å². The van der Waals surface area contributed by atoms with Crippen LogP contribution in [0.3, 0.4) is 0 Å². The second kappa shape index (κ2) is 5.33. The fourth-order valence-corrected chi connectivity index (χ4v) is 2.78. The number of imidazole rings is 1. The molecule has 0 saturated carbocycles. The number of carbonyl (C=O) groups excluding carboxylic acids is 1. The van der Waals surface area contributed by atoms with Gasteiger partial charge in [-0.1, -0.05) is 0 Å². The summed E-state index contributed by atoms with van der Waals surface area (Å²) >= 11 is 0. The van der Waals surface area contributed by atoms with Crippen molar-refractivity contribution in [1.29, 1.82) is 0 Å². The molecule has 1 aliphatic heterocycles. The molecule has 3 rings (SSSR count). The lowest BCUT2D eigenvalue weighted by atomic mass is 10.0. The Kier molecular flexibility index (Phi) is 3.50. The lowest BCUT2D eigenvalue weighted by Crippen LogP contribution is -2.47. The maximum Gasteiger partial charge on any atom is 0.275 e. The Morgan fingerprint density at radius 2 is 2.29 bits per heavy atom. The summed E-state index contributed by atoms with van der Waals surface area (Å²) in [4.78, 5) is 18.9. The van der Waals surface area contributed by atoms with Crippen molar-refractivity contribution in [2.45, 2.75) is 19.0 Å². The molecule has 0 aliphatic carbocycles. The van der Waals surface area contributed by atoms with Gasteiger partial charge in [0.2, 0.25) is 0 Å². The van der Waals surface area contributed by atoms with Gasteiger partial charge in [0.25, 0.3) is 5.91 Å². The highest BCUT2D eigenvalue weighted by atomic mass is 16.5. The average molecular weight is 289 g/mol. The number of nitrogens with zero attached hydrogens (tertiary/aromatic N) is 5. The van der Waals surface area contributed by atoms with Crippen molar-refractivity contribution in [2.75, 3.05) is 13.7 Å². The van der Waals surface area contributed by atoms with E-state index in [4.69, 9.17) is 4.74 Å². The van der Waals surface area contributed by atoms with E-state index in [0.717, 1.165) is 12.1 Å². The van der Waals surface area contributed by atoms with Crippen LogP contribution in [-0.4, -0.2) is 49.9 Å². The summed E-state index contributed by atoms with van der Waals surface area (Å²) in [7, 11) is 5.44. The van der Waals surface area contributed by atoms with Crippen molar-refractivity contribution >= 4 is 5.91 Å². The lowest BCUT2D eigenvalue weighted by Gasteiger charge is -2.34. The third kappa shape index (κ3) is 2.44. The number of carbonyl (C=O) groups is 1. The number of fused-ring (bicyclic) bond motifs is 1. The fraction of sp³-hybridized carbons (Fsp3) is 0.500. The normalized spacial score (nSPS) is 17.9. The number of hydrogen-bond donors (Lipinski definition) is 0. The summed E-state index contributed by atoms with van der Waals surface area (Å²) in [6.45, 7) is 1.00. The van der Waals surface area contributed by atoms with Gasteiger partial charge in [-0.15, -0.1) is 0 Å². The molecule has 0 spiro atoms. The van der Waals surface area contributed by atoms with Crippen LogP contribution in [0.15, 0.2) is 18.6 Å². The highest BCUT2D eigenvalue weighted by molar-refractivity contribution is 5.92. The van der Waals surface area contributed by atoms with Crippen molar-refractivity contribution in [2.24, 2.45) is 14.1 Å². The Labute approximate surface area is 123 Å². The van der Waals surface area contributed by atoms with Crippen LogP contribution in [0.2, 0.25) is 0 Å². The van der Waals surface area contributed by atoms with Crippen LogP contribution >= 0.6 is 0 Å². The van der Waals surface area contributed by atoms with Gasteiger partial charge in [-0.3, -0.25) is 9.48 Å². The Morgan fingerprint density at radius 1 is 1.48 bits per heavy atom. The minimum absolute atomic E-state index is 0.00686. The van der Waals surface area contributed by atoms with Gasteiger partial charge in [0.15, 0.2) is 0 Å². The lowest BCUT2D eigenvalue weighted by molar-refractivity contribution is 0.0462. The largest absolute Gasteiger partial charge is 0.383 e. The van der Waals surface area contributed by atoms with Crippen LogP contribution in [0.4, 0.5) is 0 Å². The van der Waals surface area contributed by atoms with E-state index in [9.17, 15) is 4.79 Å². The van der Waals surface area contributed by atoms with Gasteiger partial charge in [-0.2, -0.15) is 5.10 Å². The van der Waals surface area contributed by atoms with Crippen LogP contribution < -0.4 is 0 Å². The van der Waals surface area contributed by atoms with Gasteiger partial charge in [0, 0.05) is 39.5 Å². The molecule has 7 nitrogen and oxygen atoms in total. The second-order valence-corrected chi connectivity index (χ2v) is 5.37. The van der Waals surface area contributed by atoms with E-state index in [0.29, 0.717) is 18.8 Å². The SMILES string of the molecule is COCC1Cc2c(ncn2C)CN1C(=O)c1ccn(C)n1. The summed E-state index contributed by atoms with van der Waals surface area (Å²) < 4.78 is 8.93. The van der Waals surface area contributed by atoms with Crippen molar-refractivity contribution in [3.63, 3.8) is 0 Å². The van der Waals surface area contributed by atoms with Gasteiger partial charge in [0.05, 0.1) is 31.2 Å². The second-order valence-electron chi connectivity index (χ2n) is 5.37. The summed E-state index contributed by atoms with van der Waals surface area (Å²) in [6, 6.07) is 1.74.